The monoisotopic (exact) mass is 240 g/mol. The molecule has 0 radical (unpaired) electrons. The van der Waals surface area contributed by atoms with Gasteiger partial charge in [-0.3, -0.25) is 0 Å². The van der Waals surface area contributed by atoms with E-state index < -0.39 is 0 Å². The predicted octanol–water partition coefficient (Wildman–Crippen LogP) is 4.65. The molecule has 2 nitrogen and oxygen atoms in total. The van der Waals surface area contributed by atoms with Gasteiger partial charge in [-0.15, -0.1) is 0 Å². The SMILES string of the molecule is CCCCCCCC(CC)C1=C(C)OCCO1. The third-order valence-corrected chi connectivity index (χ3v) is 3.53. The summed E-state index contributed by atoms with van der Waals surface area (Å²) in [7, 11) is 0. The zero-order chi connectivity index (χ0) is 12.5. The Kier molecular flexibility index (Phi) is 7.14. The van der Waals surface area contributed by atoms with Crippen LogP contribution in [-0.2, 0) is 9.47 Å². The Morgan fingerprint density at radius 2 is 1.71 bits per heavy atom. The molecule has 0 aliphatic carbocycles. The zero-order valence-electron chi connectivity index (χ0n) is 11.8. The van der Waals surface area contributed by atoms with Crippen LogP contribution < -0.4 is 0 Å². The molecule has 0 amide bonds. The lowest BCUT2D eigenvalue weighted by Crippen LogP contribution is -2.18. The van der Waals surface area contributed by atoms with Gasteiger partial charge in [0.1, 0.15) is 24.7 Å². The molecule has 0 bridgehead atoms. The van der Waals surface area contributed by atoms with Crippen LogP contribution in [0.4, 0.5) is 0 Å². The quantitative estimate of drug-likeness (QED) is 0.575. The van der Waals surface area contributed by atoms with Crippen LogP contribution in [0.2, 0.25) is 0 Å². The van der Waals surface area contributed by atoms with Crippen molar-refractivity contribution in [2.75, 3.05) is 13.2 Å². The summed E-state index contributed by atoms with van der Waals surface area (Å²) in [6.07, 6.45) is 9.15. The van der Waals surface area contributed by atoms with Crippen molar-refractivity contribution in [1.29, 1.82) is 0 Å². The molecule has 0 spiro atoms. The molecule has 1 heterocycles. The minimum absolute atomic E-state index is 0.567. The summed E-state index contributed by atoms with van der Waals surface area (Å²) in [5.41, 5.74) is 0. The molecule has 1 unspecified atom stereocenters. The Labute approximate surface area is 106 Å². The van der Waals surface area contributed by atoms with E-state index in [-0.39, 0.29) is 0 Å². The van der Waals surface area contributed by atoms with E-state index in [1.54, 1.807) is 0 Å². The molecule has 17 heavy (non-hydrogen) atoms. The highest BCUT2D eigenvalue weighted by Gasteiger charge is 2.20. The zero-order valence-corrected chi connectivity index (χ0v) is 11.8. The summed E-state index contributed by atoms with van der Waals surface area (Å²) in [5.74, 6) is 2.70. The molecule has 0 saturated carbocycles. The van der Waals surface area contributed by atoms with Crippen LogP contribution in [0.5, 0.6) is 0 Å². The second-order valence-corrected chi connectivity index (χ2v) is 4.93. The Bertz CT molecular complexity index is 233. The van der Waals surface area contributed by atoms with Gasteiger partial charge in [0, 0.05) is 5.92 Å². The van der Waals surface area contributed by atoms with Gasteiger partial charge in [-0.25, -0.2) is 0 Å². The Morgan fingerprint density at radius 1 is 1.00 bits per heavy atom. The van der Waals surface area contributed by atoms with Gasteiger partial charge in [-0.2, -0.15) is 0 Å². The Morgan fingerprint density at radius 3 is 2.35 bits per heavy atom. The largest absolute Gasteiger partial charge is 0.491 e. The van der Waals surface area contributed by atoms with Gasteiger partial charge in [0.05, 0.1) is 0 Å². The molecule has 2 heteroatoms. The molecule has 0 aromatic heterocycles. The minimum Gasteiger partial charge on any atom is -0.491 e. The number of unbranched alkanes of at least 4 members (excludes halogenated alkanes) is 4. The van der Waals surface area contributed by atoms with Crippen molar-refractivity contribution in [2.45, 2.75) is 65.7 Å². The van der Waals surface area contributed by atoms with Gasteiger partial charge >= 0.3 is 0 Å². The maximum Gasteiger partial charge on any atom is 0.136 e. The highest BCUT2D eigenvalue weighted by atomic mass is 16.6. The molecule has 0 N–H and O–H groups in total. The molecule has 1 aliphatic heterocycles. The first-order valence-electron chi connectivity index (χ1n) is 7.25. The van der Waals surface area contributed by atoms with Gasteiger partial charge in [0.25, 0.3) is 0 Å². The second kappa shape index (κ2) is 8.43. The molecule has 1 rings (SSSR count). The molecular weight excluding hydrogens is 212 g/mol. The van der Waals surface area contributed by atoms with Crippen LogP contribution >= 0.6 is 0 Å². The average molecular weight is 240 g/mol. The van der Waals surface area contributed by atoms with Gasteiger partial charge in [-0.1, -0.05) is 46.0 Å². The van der Waals surface area contributed by atoms with E-state index in [2.05, 4.69) is 13.8 Å². The maximum absolute atomic E-state index is 5.78. The molecule has 0 fully saturated rings. The van der Waals surface area contributed by atoms with Gasteiger partial charge in [0.2, 0.25) is 0 Å². The van der Waals surface area contributed by atoms with E-state index in [9.17, 15) is 0 Å². The fraction of sp³-hybridized carbons (Fsp3) is 0.867. The number of rotatable bonds is 8. The third-order valence-electron chi connectivity index (χ3n) is 3.53. The highest BCUT2D eigenvalue weighted by molar-refractivity contribution is 5.05. The normalized spacial score (nSPS) is 17.6. The van der Waals surface area contributed by atoms with E-state index in [0.717, 1.165) is 24.5 Å². The summed E-state index contributed by atoms with van der Waals surface area (Å²) >= 11 is 0. The molecule has 0 aromatic carbocycles. The Balaban J connectivity index is 2.32. The molecule has 100 valence electrons. The average Bonchev–Trinajstić information content (AvgIpc) is 2.35. The standard InChI is InChI=1S/C15H28O2/c1-4-6-7-8-9-10-14(5-2)15-13(3)16-11-12-17-15/h14H,4-12H2,1-3H3. The molecule has 0 saturated heterocycles. The minimum atomic E-state index is 0.567. The first kappa shape index (κ1) is 14.4. The summed E-state index contributed by atoms with van der Waals surface area (Å²) < 4.78 is 11.3. The fourth-order valence-electron chi connectivity index (χ4n) is 2.44. The summed E-state index contributed by atoms with van der Waals surface area (Å²) in [6.45, 7) is 7.97. The summed E-state index contributed by atoms with van der Waals surface area (Å²) in [4.78, 5) is 0. The van der Waals surface area contributed by atoms with Crippen molar-refractivity contribution < 1.29 is 9.47 Å². The second-order valence-electron chi connectivity index (χ2n) is 4.93. The number of allylic oxidation sites excluding steroid dienone is 2. The lowest BCUT2D eigenvalue weighted by molar-refractivity contribution is 0.0441. The number of ether oxygens (including phenoxy) is 2. The topological polar surface area (TPSA) is 18.5 Å². The van der Waals surface area contributed by atoms with Crippen molar-refractivity contribution in [3.05, 3.63) is 11.5 Å². The first-order valence-corrected chi connectivity index (χ1v) is 7.25. The molecule has 1 atom stereocenters. The molecular formula is C15H28O2. The van der Waals surface area contributed by atoms with E-state index in [0.29, 0.717) is 12.5 Å². The van der Waals surface area contributed by atoms with Gasteiger partial charge in [0.15, 0.2) is 0 Å². The van der Waals surface area contributed by atoms with Gasteiger partial charge < -0.3 is 9.47 Å². The Hall–Kier alpha value is -0.660. The lowest BCUT2D eigenvalue weighted by atomic mass is 9.95. The third kappa shape index (κ3) is 5.01. The van der Waals surface area contributed by atoms with E-state index in [1.807, 2.05) is 6.92 Å². The van der Waals surface area contributed by atoms with E-state index in [1.165, 1.54) is 38.5 Å². The summed E-state index contributed by atoms with van der Waals surface area (Å²) in [5, 5.41) is 0. The summed E-state index contributed by atoms with van der Waals surface area (Å²) in [6, 6.07) is 0. The van der Waals surface area contributed by atoms with Gasteiger partial charge in [-0.05, 0) is 19.8 Å². The highest BCUT2D eigenvalue weighted by Crippen LogP contribution is 2.28. The van der Waals surface area contributed by atoms with Crippen LogP contribution in [0.3, 0.4) is 0 Å². The van der Waals surface area contributed by atoms with Crippen LogP contribution in [0.25, 0.3) is 0 Å². The number of hydrogen-bond donors (Lipinski definition) is 0. The van der Waals surface area contributed by atoms with Crippen LogP contribution in [-0.4, -0.2) is 13.2 Å². The lowest BCUT2D eigenvalue weighted by Gasteiger charge is -2.26. The predicted molar refractivity (Wildman–Crippen MR) is 71.8 cm³/mol. The number of hydrogen-bond acceptors (Lipinski definition) is 2. The molecule has 1 aliphatic rings. The fourth-order valence-corrected chi connectivity index (χ4v) is 2.44. The van der Waals surface area contributed by atoms with E-state index in [4.69, 9.17) is 9.47 Å². The van der Waals surface area contributed by atoms with Crippen LogP contribution in [0, 0.1) is 5.92 Å². The van der Waals surface area contributed by atoms with Crippen molar-refractivity contribution >= 4 is 0 Å². The smallest absolute Gasteiger partial charge is 0.136 e. The van der Waals surface area contributed by atoms with Crippen LogP contribution in [0.1, 0.15) is 65.7 Å². The van der Waals surface area contributed by atoms with E-state index >= 15 is 0 Å². The van der Waals surface area contributed by atoms with Crippen molar-refractivity contribution in [3.63, 3.8) is 0 Å². The van der Waals surface area contributed by atoms with Crippen molar-refractivity contribution in [3.8, 4) is 0 Å². The first-order chi connectivity index (χ1) is 8.29. The van der Waals surface area contributed by atoms with Crippen LogP contribution in [0.15, 0.2) is 11.5 Å². The van der Waals surface area contributed by atoms with Crippen molar-refractivity contribution in [2.24, 2.45) is 5.92 Å². The molecule has 0 aromatic rings. The van der Waals surface area contributed by atoms with Crippen molar-refractivity contribution in [1.82, 2.24) is 0 Å². The maximum atomic E-state index is 5.78.